The molecular weight excluding hydrogens is 344 g/mol. The van der Waals surface area contributed by atoms with E-state index in [0.29, 0.717) is 25.5 Å². The lowest BCUT2D eigenvalue weighted by molar-refractivity contribution is 0.144. The number of pyridine rings is 1. The average molecular weight is 368 g/mol. The number of nitrogens with zero attached hydrogens (tertiary/aromatic N) is 5. The first kappa shape index (κ1) is 18.8. The Hall–Kier alpha value is -3.00. The van der Waals surface area contributed by atoms with Crippen molar-refractivity contribution in [1.82, 2.24) is 29.6 Å². The Morgan fingerprint density at radius 1 is 1.30 bits per heavy atom. The van der Waals surface area contributed by atoms with Crippen LogP contribution in [0.2, 0.25) is 0 Å². The van der Waals surface area contributed by atoms with Crippen LogP contribution in [0.1, 0.15) is 30.8 Å². The molecule has 142 valence electrons. The monoisotopic (exact) mass is 368 g/mol. The van der Waals surface area contributed by atoms with E-state index in [4.69, 9.17) is 4.74 Å². The summed E-state index contributed by atoms with van der Waals surface area (Å²) in [5, 5.41) is 3.07. The van der Waals surface area contributed by atoms with Gasteiger partial charge in [-0.05, 0) is 24.6 Å². The highest BCUT2D eigenvalue weighted by Gasteiger charge is 2.21. The highest BCUT2D eigenvalue weighted by atomic mass is 16.5. The van der Waals surface area contributed by atoms with Crippen LogP contribution in [0, 0.1) is 0 Å². The maximum atomic E-state index is 12.9. The quantitative estimate of drug-likeness (QED) is 0.660. The fourth-order valence-corrected chi connectivity index (χ4v) is 2.78. The first-order valence-electron chi connectivity index (χ1n) is 8.95. The van der Waals surface area contributed by atoms with Gasteiger partial charge in [-0.1, -0.05) is 13.0 Å². The van der Waals surface area contributed by atoms with Crippen LogP contribution in [0.15, 0.2) is 49.1 Å². The lowest BCUT2D eigenvalue weighted by Crippen LogP contribution is -2.42. The van der Waals surface area contributed by atoms with Gasteiger partial charge in [-0.15, -0.1) is 0 Å². The van der Waals surface area contributed by atoms with Crippen molar-refractivity contribution in [3.63, 3.8) is 0 Å². The molecule has 0 aliphatic heterocycles. The molecule has 3 aromatic heterocycles. The number of amides is 2. The molecule has 0 bridgehead atoms. The highest BCUT2D eigenvalue weighted by Crippen LogP contribution is 2.16. The molecule has 8 nitrogen and oxygen atoms in total. The highest BCUT2D eigenvalue weighted by molar-refractivity contribution is 5.74. The molecule has 3 aromatic rings. The van der Waals surface area contributed by atoms with E-state index in [2.05, 4.69) is 20.3 Å². The molecule has 27 heavy (non-hydrogen) atoms. The number of methoxy groups -OCH3 is 1. The molecule has 8 heteroatoms. The minimum absolute atomic E-state index is 0.172. The van der Waals surface area contributed by atoms with Gasteiger partial charge in [-0.3, -0.25) is 9.38 Å². The van der Waals surface area contributed by atoms with Crippen LogP contribution in [0.25, 0.3) is 5.78 Å². The number of urea groups is 1. The molecule has 0 aliphatic carbocycles. The second-order valence-electron chi connectivity index (χ2n) is 6.14. The van der Waals surface area contributed by atoms with Crippen LogP contribution in [0.5, 0.6) is 0 Å². The summed E-state index contributed by atoms with van der Waals surface area (Å²) in [6, 6.07) is 7.14. The molecule has 0 radical (unpaired) electrons. The molecule has 1 atom stereocenters. The van der Waals surface area contributed by atoms with Gasteiger partial charge >= 0.3 is 6.03 Å². The molecule has 2 amide bonds. The number of ether oxygens (including phenoxy) is 1. The molecule has 0 aliphatic rings. The van der Waals surface area contributed by atoms with Gasteiger partial charge in [-0.2, -0.15) is 0 Å². The predicted molar refractivity (Wildman–Crippen MR) is 101 cm³/mol. The summed E-state index contributed by atoms with van der Waals surface area (Å²) in [4.78, 5) is 27.7. The van der Waals surface area contributed by atoms with Gasteiger partial charge in [0.25, 0.3) is 0 Å². The number of hydrogen-bond acceptors (Lipinski definition) is 5. The number of rotatable bonds is 8. The fraction of sp³-hybridized carbons (Fsp3) is 0.368. The van der Waals surface area contributed by atoms with E-state index < -0.39 is 0 Å². The molecule has 3 heterocycles. The SMILES string of the molecule is CC[C@@H](NC(=O)N(CCOC)Cc1ccccn1)c1cn2cccnc2n1. The van der Waals surface area contributed by atoms with Crippen LogP contribution < -0.4 is 5.32 Å². The Kier molecular flexibility index (Phi) is 6.32. The fourth-order valence-electron chi connectivity index (χ4n) is 2.78. The molecule has 0 spiro atoms. The zero-order valence-electron chi connectivity index (χ0n) is 15.6. The lowest BCUT2D eigenvalue weighted by Gasteiger charge is -2.25. The minimum Gasteiger partial charge on any atom is -0.383 e. The van der Waals surface area contributed by atoms with Gasteiger partial charge in [0.05, 0.1) is 30.6 Å². The van der Waals surface area contributed by atoms with Gasteiger partial charge in [0.15, 0.2) is 0 Å². The molecule has 1 N–H and O–H groups in total. The van der Waals surface area contributed by atoms with Crippen molar-refractivity contribution in [2.24, 2.45) is 0 Å². The molecule has 0 fully saturated rings. The van der Waals surface area contributed by atoms with Crippen molar-refractivity contribution >= 4 is 11.8 Å². The third-order valence-corrected chi connectivity index (χ3v) is 4.25. The van der Waals surface area contributed by atoms with Crippen molar-refractivity contribution in [3.8, 4) is 0 Å². The average Bonchev–Trinajstić information content (AvgIpc) is 3.13. The Morgan fingerprint density at radius 3 is 2.85 bits per heavy atom. The first-order valence-corrected chi connectivity index (χ1v) is 8.95. The number of aromatic nitrogens is 4. The van der Waals surface area contributed by atoms with Gasteiger partial charge in [0.2, 0.25) is 5.78 Å². The van der Waals surface area contributed by atoms with Gasteiger partial charge in [0, 0.05) is 38.4 Å². The van der Waals surface area contributed by atoms with Gasteiger partial charge in [-0.25, -0.2) is 14.8 Å². The van der Waals surface area contributed by atoms with Crippen LogP contribution in [0.3, 0.4) is 0 Å². The van der Waals surface area contributed by atoms with Crippen LogP contribution in [0.4, 0.5) is 4.79 Å². The predicted octanol–water partition coefficient (Wildman–Crippen LogP) is 2.43. The van der Waals surface area contributed by atoms with Crippen molar-refractivity contribution in [3.05, 3.63) is 60.4 Å². The maximum absolute atomic E-state index is 12.9. The van der Waals surface area contributed by atoms with E-state index in [1.807, 2.05) is 48.0 Å². The summed E-state index contributed by atoms with van der Waals surface area (Å²) in [5.41, 5.74) is 1.61. The molecule has 0 saturated carbocycles. The number of fused-ring (bicyclic) bond motifs is 1. The van der Waals surface area contributed by atoms with Crippen LogP contribution in [-0.4, -0.2) is 50.5 Å². The van der Waals surface area contributed by atoms with E-state index in [1.54, 1.807) is 24.4 Å². The van der Waals surface area contributed by atoms with E-state index >= 15 is 0 Å². The Bertz CT molecular complexity index is 834. The molecular formula is C19H24N6O2. The number of carbonyl (C=O) groups excluding carboxylic acids is 1. The smallest absolute Gasteiger partial charge is 0.318 e. The van der Waals surface area contributed by atoms with Crippen molar-refractivity contribution in [1.29, 1.82) is 0 Å². The summed E-state index contributed by atoms with van der Waals surface area (Å²) in [6.45, 7) is 3.36. The third kappa shape index (κ3) is 4.79. The second kappa shape index (κ2) is 9.09. The number of nitrogens with one attached hydrogen (secondary N) is 1. The summed E-state index contributed by atoms with van der Waals surface area (Å²) < 4.78 is 7.00. The molecule has 0 saturated heterocycles. The Balaban J connectivity index is 1.73. The van der Waals surface area contributed by atoms with Crippen molar-refractivity contribution < 1.29 is 9.53 Å². The molecule has 3 rings (SSSR count). The summed E-state index contributed by atoms with van der Waals surface area (Å²) in [5.74, 6) is 0.616. The van der Waals surface area contributed by atoms with E-state index in [-0.39, 0.29) is 12.1 Å². The minimum atomic E-state index is -0.201. The zero-order valence-corrected chi connectivity index (χ0v) is 15.6. The zero-order chi connectivity index (χ0) is 19.1. The summed E-state index contributed by atoms with van der Waals surface area (Å²) in [6.07, 6.45) is 7.93. The van der Waals surface area contributed by atoms with Crippen LogP contribution in [-0.2, 0) is 11.3 Å². The number of carbonyl (C=O) groups is 1. The summed E-state index contributed by atoms with van der Waals surface area (Å²) in [7, 11) is 1.62. The molecule has 0 aromatic carbocycles. The third-order valence-electron chi connectivity index (χ3n) is 4.25. The van der Waals surface area contributed by atoms with Crippen LogP contribution >= 0.6 is 0 Å². The Morgan fingerprint density at radius 2 is 2.15 bits per heavy atom. The standard InChI is InChI=1S/C19H24N6O2/c1-3-16(17-14-24-10-6-9-21-18(24)22-17)23-19(26)25(11-12-27-2)13-15-7-4-5-8-20-15/h4-10,14,16H,3,11-13H2,1-2H3,(H,23,26)/t16-/m1/s1. The van der Waals surface area contributed by atoms with Gasteiger partial charge in [0.1, 0.15) is 0 Å². The normalized spacial score (nSPS) is 12.1. The lowest BCUT2D eigenvalue weighted by atomic mass is 10.2. The largest absolute Gasteiger partial charge is 0.383 e. The molecule has 0 unspecified atom stereocenters. The number of hydrogen-bond donors (Lipinski definition) is 1. The summed E-state index contributed by atoms with van der Waals surface area (Å²) >= 11 is 0. The van der Waals surface area contributed by atoms with Gasteiger partial charge < -0.3 is 15.0 Å². The van der Waals surface area contributed by atoms with Crippen molar-refractivity contribution in [2.75, 3.05) is 20.3 Å². The Labute approximate surface area is 158 Å². The maximum Gasteiger partial charge on any atom is 0.318 e. The van der Waals surface area contributed by atoms with E-state index in [1.165, 1.54) is 0 Å². The van der Waals surface area contributed by atoms with E-state index in [9.17, 15) is 4.79 Å². The topological polar surface area (TPSA) is 84.7 Å². The van der Waals surface area contributed by atoms with E-state index in [0.717, 1.165) is 17.8 Å². The van der Waals surface area contributed by atoms with Crippen molar-refractivity contribution in [2.45, 2.75) is 25.9 Å². The first-order chi connectivity index (χ1) is 13.2. The number of imidazole rings is 1. The second-order valence-corrected chi connectivity index (χ2v) is 6.14.